The molecule has 0 aliphatic carbocycles. The van der Waals surface area contributed by atoms with Crippen molar-refractivity contribution in [2.75, 3.05) is 93.0 Å². The Kier molecular flexibility index (Phi) is 12.1. The molecule has 0 spiro atoms. The van der Waals surface area contributed by atoms with E-state index < -0.39 is 0 Å². The van der Waals surface area contributed by atoms with Crippen LogP contribution < -0.4 is 5.32 Å². The van der Waals surface area contributed by atoms with Crippen molar-refractivity contribution in [3.05, 3.63) is 0 Å². The van der Waals surface area contributed by atoms with Crippen molar-refractivity contribution in [2.45, 2.75) is 37.7 Å². The molecule has 8 heteroatoms. The lowest BCUT2D eigenvalue weighted by Gasteiger charge is -2.40. The largest absolute Gasteiger partial charge is 0.467 e. The highest BCUT2D eigenvalue weighted by atomic mass is 16.6. The van der Waals surface area contributed by atoms with Gasteiger partial charge in [0.2, 0.25) is 0 Å². The van der Waals surface area contributed by atoms with E-state index in [4.69, 9.17) is 14.2 Å². The van der Waals surface area contributed by atoms with Crippen molar-refractivity contribution in [3.8, 4) is 0 Å². The molecule has 0 saturated carbocycles. The number of nitrogens with one attached hydrogen (secondary N) is 1. The van der Waals surface area contributed by atoms with Crippen molar-refractivity contribution in [1.29, 1.82) is 0 Å². The Hall–Kier alpha value is -0.770. The molecule has 1 N–H and O–H groups in total. The van der Waals surface area contributed by atoms with Gasteiger partial charge in [-0.15, -0.1) is 0 Å². The standard InChI is InChI=1S/C21H41N3O5/c1-26-20(25)19-29-18-4-17-28-16-3-10-23-12-14-24(15-13-23)11-7-21(27-2)5-8-22-9-6-21/h22H,3-19H2,1-2H3. The van der Waals surface area contributed by atoms with Crippen LogP contribution in [0.4, 0.5) is 0 Å². The quantitative estimate of drug-likeness (QED) is 0.329. The van der Waals surface area contributed by atoms with Crippen LogP contribution in [0.1, 0.15) is 32.1 Å². The fraction of sp³-hybridized carbons (Fsp3) is 0.952. The van der Waals surface area contributed by atoms with E-state index in [0.717, 1.165) is 91.1 Å². The molecule has 2 fully saturated rings. The normalized spacial score (nSPS) is 20.6. The fourth-order valence-corrected chi connectivity index (χ4v) is 4.01. The summed E-state index contributed by atoms with van der Waals surface area (Å²) in [6, 6.07) is 0. The van der Waals surface area contributed by atoms with Gasteiger partial charge in [0.05, 0.1) is 12.7 Å². The summed E-state index contributed by atoms with van der Waals surface area (Å²) in [5, 5.41) is 3.43. The lowest BCUT2D eigenvalue weighted by Crippen LogP contribution is -2.50. The molecule has 0 bridgehead atoms. The molecule has 2 aliphatic rings. The monoisotopic (exact) mass is 415 g/mol. The first-order valence-electron chi connectivity index (χ1n) is 11.1. The van der Waals surface area contributed by atoms with E-state index in [1.165, 1.54) is 7.11 Å². The molecule has 2 saturated heterocycles. The molecule has 2 rings (SSSR count). The maximum absolute atomic E-state index is 10.9. The van der Waals surface area contributed by atoms with Crippen LogP contribution in [-0.4, -0.2) is 114 Å². The van der Waals surface area contributed by atoms with Gasteiger partial charge in [-0.25, -0.2) is 4.79 Å². The average Bonchev–Trinajstić information content (AvgIpc) is 2.77. The summed E-state index contributed by atoms with van der Waals surface area (Å²) < 4.78 is 21.3. The highest BCUT2D eigenvalue weighted by molar-refractivity contribution is 5.70. The molecule has 0 amide bonds. The third-order valence-corrected chi connectivity index (χ3v) is 6.08. The van der Waals surface area contributed by atoms with Crippen LogP contribution in [0.5, 0.6) is 0 Å². The van der Waals surface area contributed by atoms with Gasteiger partial charge < -0.3 is 34.1 Å². The predicted molar refractivity (Wildman–Crippen MR) is 112 cm³/mol. The molecule has 0 aromatic carbocycles. The Balaban J connectivity index is 1.43. The third kappa shape index (κ3) is 9.72. The van der Waals surface area contributed by atoms with E-state index in [-0.39, 0.29) is 18.2 Å². The van der Waals surface area contributed by atoms with Crippen molar-refractivity contribution in [1.82, 2.24) is 15.1 Å². The Bertz CT molecular complexity index is 438. The second kappa shape index (κ2) is 14.3. The maximum Gasteiger partial charge on any atom is 0.331 e. The zero-order chi connectivity index (χ0) is 20.8. The SMILES string of the molecule is COC(=O)COCCCOCCCN1CCN(CCC2(OC)CCNCC2)CC1. The molecular formula is C21H41N3O5. The lowest BCUT2D eigenvalue weighted by molar-refractivity contribution is -0.146. The molecular weight excluding hydrogens is 374 g/mol. The molecule has 170 valence electrons. The Labute approximate surface area is 176 Å². The van der Waals surface area contributed by atoms with Gasteiger partial charge in [0, 0.05) is 66.2 Å². The Morgan fingerprint density at radius 3 is 2.17 bits per heavy atom. The fourth-order valence-electron chi connectivity index (χ4n) is 4.01. The van der Waals surface area contributed by atoms with Crippen LogP contribution in [0.2, 0.25) is 0 Å². The van der Waals surface area contributed by atoms with E-state index in [9.17, 15) is 4.79 Å². The first kappa shape index (κ1) is 24.5. The van der Waals surface area contributed by atoms with Crippen LogP contribution in [0.3, 0.4) is 0 Å². The highest BCUT2D eigenvalue weighted by Crippen LogP contribution is 2.26. The summed E-state index contributed by atoms with van der Waals surface area (Å²) in [6.07, 6.45) is 5.25. The number of esters is 1. The number of nitrogens with zero attached hydrogens (tertiary/aromatic N) is 2. The molecule has 0 unspecified atom stereocenters. The number of hydrogen-bond donors (Lipinski definition) is 1. The smallest absolute Gasteiger partial charge is 0.331 e. The number of rotatable bonds is 14. The number of piperazine rings is 1. The molecule has 2 aliphatic heterocycles. The number of hydrogen-bond acceptors (Lipinski definition) is 8. The van der Waals surface area contributed by atoms with Crippen molar-refractivity contribution >= 4 is 5.97 Å². The van der Waals surface area contributed by atoms with E-state index in [0.29, 0.717) is 13.2 Å². The topological polar surface area (TPSA) is 72.5 Å². The van der Waals surface area contributed by atoms with Crippen molar-refractivity contribution in [2.24, 2.45) is 0 Å². The average molecular weight is 416 g/mol. The maximum atomic E-state index is 10.9. The van der Waals surface area contributed by atoms with Crippen LogP contribution in [0, 0.1) is 0 Å². The highest BCUT2D eigenvalue weighted by Gasteiger charge is 2.32. The molecule has 8 nitrogen and oxygen atoms in total. The second-order valence-corrected chi connectivity index (χ2v) is 8.02. The van der Waals surface area contributed by atoms with Gasteiger partial charge in [0.1, 0.15) is 6.61 Å². The molecule has 0 aromatic heterocycles. The zero-order valence-electron chi connectivity index (χ0n) is 18.5. The van der Waals surface area contributed by atoms with E-state index in [2.05, 4.69) is 19.9 Å². The van der Waals surface area contributed by atoms with Gasteiger partial charge in [-0.1, -0.05) is 0 Å². The van der Waals surface area contributed by atoms with Gasteiger partial charge >= 0.3 is 5.97 Å². The number of piperidine rings is 1. The summed E-state index contributed by atoms with van der Waals surface area (Å²) >= 11 is 0. The molecule has 0 aromatic rings. The van der Waals surface area contributed by atoms with Crippen LogP contribution in [0.15, 0.2) is 0 Å². The summed E-state index contributed by atoms with van der Waals surface area (Å²) in [5.74, 6) is -0.337. The molecule has 0 radical (unpaired) electrons. The summed E-state index contributed by atoms with van der Waals surface area (Å²) in [5.41, 5.74) is 0.0874. The molecule has 29 heavy (non-hydrogen) atoms. The van der Waals surface area contributed by atoms with Gasteiger partial charge in [0.25, 0.3) is 0 Å². The minimum atomic E-state index is -0.337. The third-order valence-electron chi connectivity index (χ3n) is 6.08. The lowest BCUT2D eigenvalue weighted by atomic mass is 9.88. The van der Waals surface area contributed by atoms with Gasteiger partial charge in [-0.05, 0) is 45.2 Å². The van der Waals surface area contributed by atoms with E-state index in [1.807, 2.05) is 7.11 Å². The van der Waals surface area contributed by atoms with Crippen molar-refractivity contribution < 1.29 is 23.7 Å². The summed E-state index contributed by atoms with van der Waals surface area (Å²) in [4.78, 5) is 16.0. The van der Waals surface area contributed by atoms with Gasteiger partial charge in [-0.3, -0.25) is 0 Å². The predicted octanol–water partition coefficient (Wildman–Crippen LogP) is 0.749. The minimum absolute atomic E-state index is 0.0200. The van der Waals surface area contributed by atoms with Crippen LogP contribution in [0.25, 0.3) is 0 Å². The molecule has 0 atom stereocenters. The van der Waals surface area contributed by atoms with Crippen LogP contribution >= 0.6 is 0 Å². The van der Waals surface area contributed by atoms with Gasteiger partial charge in [0.15, 0.2) is 0 Å². The van der Waals surface area contributed by atoms with Crippen LogP contribution in [-0.2, 0) is 23.7 Å². The van der Waals surface area contributed by atoms with Crippen molar-refractivity contribution in [3.63, 3.8) is 0 Å². The van der Waals surface area contributed by atoms with E-state index in [1.54, 1.807) is 0 Å². The second-order valence-electron chi connectivity index (χ2n) is 8.02. The number of methoxy groups -OCH3 is 2. The Morgan fingerprint density at radius 1 is 0.897 bits per heavy atom. The first-order valence-corrected chi connectivity index (χ1v) is 11.1. The number of ether oxygens (including phenoxy) is 4. The molecule has 2 heterocycles. The minimum Gasteiger partial charge on any atom is -0.467 e. The Morgan fingerprint density at radius 2 is 1.52 bits per heavy atom. The first-order chi connectivity index (χ1) is 14.2. The summed E-state index contributed by atoms with van der Waals surface area (Å²) in [6.45, 7) is 11.0. The van der Waals surface area contributed by atoms with E-state index >= 15 is 0 Å². The van der Waals surface area contributed by atoms with Gasteiger partial charge in [-0.2, -0.15) is 0 Å². The summed E-state index contributed by atoms with van der Waals surface area (Å²) in [7, 11) is 3.24. The number of carbonyl (C=O) groups is 1. The number of carbonyl (C=O) groups excluding carboxylic acids is 1. The zero-order valence-corrected chi connectivity index (χ0v) is 18.5.